The molecule has 0 aliphatic carbocycles. The number of hydrogen-bond acceptors (Lipinski definition) is 4. The molecule has 2 aromatic rings. The zero-order valence-corrected chi connectivity index (χ0v) is 12.9. The molecule has 1 aliphatic rings. The van der Waals surface area contributed by atoms with Crippen molar-refractivity contribution in [2.75, 3.05) is 6.54 Å². The molecule has 1 amide bonds. The number of H-pyrrole nitrogens is 1. The van der Waals surface area contributed by atoms with E-state index in [1.54, 1.807) is 0 Å². The van der Waals surface area contributed by atoms with Crippen LogP contribution in [-0.4, -0.2) is 22.6 Å². The highest BCUT2D eigenvalue weighted by Gasteiger charge is 2.21. The summed E-state index contributed by atoms with van der Waals surface area (Å²) in [5.41, 5.74) is 2.53. The monoisotopic (exact) mass is 332 g/mol. The number of rotatable bonds is 3. The molecule has 0 atom stereocenters. The standard InChI is InChI=1S/C12H13ClN4OS.ClH/c13-10-2-1-7(19-10)5-15-12(18)11-8-6-14-4-3-9(8)16-17-11;/h1-2,14H,3-6H2,(H,15,18)(H,16,17);1H. The minimum Gasteiger partial charge on any atom is -0.346 e. The molecule has 0 aromatic carbocycles. The maximum atomic E-state index is 12.1. The lowest BCUT2D eigenvalue weighted by Gasteiger charge is -2.12. The Balaban J connectivity index is 0.00000147. The van der Waals surface area contributed by atoms with Crippen LogP contribution in [0.1, 0.15) is 26.6 Å². The summed E-state index contributed by atoms with van der Waals surface area (Å²) in [6.45, 7) is 2.09. The van der Waals surface area contributed by atoms with Crippen molar-refractivity contribution in [3.63, 3.8) is 0 Å². The van der Waals surface area contributed by atoms with Crippen molar-refractivity contribution in [2.45, 2.75) is 19.5 Å². The van der Waals surface area contributed by atoms with Crippen LogP contribution in [0.5, 0.6) is 0 Å². The second kappa shape index (κ2) is 6.58. The van der Waals surface area contributed by atoms with Crippen molar-refractivity contribution < 1.29 is 4.79 Å². The molecule has 0 spiro atoms. The number of halogens is 2. The first-order valence-electron chi connectivity index (χ1n) is 6.03. The van der Waals surface area contributed by atoms with E-state index in [-0.39, 0.29) is 18.3 Å². The van der Waals surface area contributed by atoms with E-state index < -0.39 is 0 Å². The summed E-state index contributed by atoms with van der Waals surface area (Å²) in [4.78, 5) is 13.1. The van der Waals surface area contributed by atoms with Crippen molar-refractivity contribution in [1.29, 1.82) is 0 Å². The van der Waals surface area contributed by atoms with Crippen molar-refractivity contribution in [1.82, 2.24) is 20.8 Å². The molecule has 0 unspecified atom stereocenters. The van der Waals surface area contributed by atoms with E-state index in [2.05, 4.69) is 20.8 Å². The first kappa shape index (κ1) is 15.3. The van der Waals surface area contributed by atoms with Crippen molar-refractivity contribution in [3.8, 4) is 0 Å². The maximum absolute atomic E-state index is 12.1. The number of hydrogen-bond donors (Lipinski definition) is 3. The van der Waals surface area contributed by atoms with Gasteiger partial charge in [-0.15, -0.1) is 23.7 Å². The third kappa shape index (κ3) is 3.15. The van der Waals surface area contributed by atoms with Gasteiger partial charge in [0.05, 0.1) is 10.9 Å². The highest BCUT2D eigenvalue weighted by atomic mass is 35.5. The Morgan fingerprint density at radius 2 is 2.35 bits per heavy atom. The van der Waals surface area contributed by atoms with Crippen LogP contribution in [0.15, 0.2) is 12.1 Å². The number of nitrogens with zero attached hydrogens (tertiary/aromatic N) is 1. The molecule has 0 bridgehead atoms. The molecule has 0 saturated heterocycles. The van der Waals surface area contributed by atoms with E-state index >= 15 is 0 Å². The summed E-state index contributed by atoms with van der Waals surface area (Å²) in [5.74, 6) is -0.147. The van der Waals surface area contributed by atoms with Gasteiger partial charge in [-0.2, -0.15) is 5.10 Å². The van der Waals surface area contributed by atoms with Crippen molar-refractivity contribution in [3.05, 3.63) is 38.3 Å². The van der Waals surface area contributed by atoms with Gasteiger partial charge < -0.3 is 10.6 Å². The van der Waals surface area contributed by atoms with E-state index in [1.165, 1.54) is 11.3 Å². The van der Waals surface area contributed by atoms with Gasteiger partial charge >= 0.3 is 0 Å². The number of amides is 1. The molecule has 3 N–H and O–H groups in total. The summed E-state index contributed by atoms with van der Waals surface area (Å²) < 4.78 is 0.727. The third-order valence-electron chi connectivity index (χ3n) is 3.07. The van der Waals surface area contributed by atoms with E-state index in [0.717, 1.165) is 33.4 Å². The fraction of sp³-hybridized carbons (Fsp3) is 0.333. The van der Waals surface area contributed by atoms with Gasteiger partial charge in [0.2, 0.25) is 0 Å². The van der Waals surface area contributed by atoms with Gasteiger partial charge in [-0.05, 0) is 12.1 Å². The lowest BCUT2D eigenvalue weighted by molar-refractivity contribution is 0.0945. The van der Waals surface area contributed by atoms with E-state index in [4.69, 9.17) is 11.6 Å². The highest BCUT2D eigenvalue weighted by Crippen LogP contribution is 2.21. The minimum absolute atomic E-state index is 0. The molecule has 1 aliphatic heterocycles. The molecule has 0 saturated carbocycles. The predicted molar refractivity (Wildman–Crippen MR) is 81.7 cm³/mol. The Labute approximate surface area is 131 Å². The number of carbonyl (C=O) groups is 1. The normalized spacial score (nSPS) is 13.4. The van der Waals surface area contributed by atoms with Crippen LogP contribution in [0.4, 0.5) is 0 Å². The molecule has 3 rings (SSSR count). The van der Waals surface area contributed by atoms with Gasteiger partial charge in [0.25, 0.3) is 5.91 Å². The largest absolute Gasteiger partial charge is 0.346 e. The molecule has 0 radical (unpaired) electrons. The SMILES string of the molecule is Cl.O=C(NCc1ccc(Cl)s1)c1n[nH]c2c1CNCC2. The molecular formula is C12H14Cl2N4OS. The van der Waals surface area contributed by atoms with E-state index in [0.29, 0.717) is 18.8 Å². The van der Waals surface area contributed by atoms with Crippen molar-refractivity contribution in [2.24, 2.45) is 0 Å². The van der Waals surface area contributed by atoms with E-state index in [1.807, 2.05) is 12.1 Å². The fourth-order valence-corrected chi connectivity index (χ4v) is 3.14. The number of nitrogens with one attached hydrogen (secondary N) is 3. The summed E-state index contributed by atoms with van der Waals surface area (Å²) in [5, 5.41) is 13.2. The molecular weight excluding hydrogens is 319 g/mol. The second-order valence-electron chi connectivity index (χ2n) is 4.34. The van der Waals surface area contributed by atoms with Gasteiger partial charge in [0.1, 0.15) is 0 Å². The lowest BCUT2D eigenvalue weighted by Crippen LogP contribution is -2.28. The summed E-state index contributed by atoms with van der Waals surface area (Å²) in [6.07, 6.45) is 0.885. The van der Waals surface area contributed by atoms with Crippen LogP contribution >= 0.6 is 35.3 Å². The van der Waals surface area contributed by atoms with Crippen LogP contribution in [0.3, 0.4) is 0 Å². The van der Waals surface area contributed by atoms with Gasteiger partial charge in [0.15, 0.2) is 5.69 Å². The molecule has 5 nitrogen and oxygen atoms in total. The molecule has 108 valence electrons. The summed E-state index contributed by atoms with van der Waals surface area (Å²) in [6, 6.07) is 3.74. The Bertz CT molecular complexity index is 610. The Hall–Kier alpha value is -1.08. The number of fused-ring (bicyclic) bond motifs is 1. The van der Waals surface area contributed by atoms with Crippen molar-refractivity contribution >= 4 is 41.3 Å². The molecule has 2 aromatic heterocycles. The van der Waals surface area contributed by atoms with Crippen LogP contribution in [0, 0.1) is 0 Å². The second-order valence-corrected chi connectivity index (χ2v) is 6.14. The third-order valence-corrected chi connectivity index (χ3v) is 4.30. The average molecular weight is 333 g/mol. The van der Waals surface area contributed by atoms with Crippen LogP contribution in [-0.2, 0) is 19.5 Å². The molecule has 20 heavy (non-hydrogen) atoms. The quantitative estimate of drug-likeness (QED) is 0.806. The van der Waals surface area contributed by atoms with Gasteiger partial charge in [-0.25, -0.2) is 0 Å². The first-order valence-corrected chi connectivity index (χ1v) is 7.23. The number of aromatic amines is 1. The first-order chi connectivity index (χ1) is 9.24. The molecule has 0 fully saturated rings. The smallest absolute Gasteiger partial charge is 0.272 e. The lowest BCUT2D eigenvalue weighted by atomic mass is 10.1. The molecule has 8 heteroatoms. The summed E-state index contributed by atoms with van der Waals surface area (Å²) in [7, 11) is 0. The van der Waals surface area contributed by atoms with Crippen LogP contribution < -0.4 is 10.6 Å². The topological polar surface area (TPSA) is 69.8 Å². The number of thiophene rings is 1. The molecule has 3 heterocycles. The fourth-order valence-electron chi connectivity index (χ4n) is 2.11. The zero-order valence-electron chi connectivity index (χ0n) is 10.5. The predicted octanol–water partition coefficient (Wildman–Crippen LogP) is 2.12. The number of carbonyl (C=O) groups excluding carboxylic acids is 1. The Morgan fingerprint density at radius 3 is 3.10 bits per heavy atom. The average Bonchev–Trinajstić information content (AvgIpc) is 3.02. The Kier molecular flexibility index (Phi) is 5.04. The van der Waals surface area contributed by atoms with Gasteiger partial charge in [0, 0.05) is 35.6 Å². The zero-order chi connectivity index (χ0) is 13.2. The van der Waals surface area contributed by atoms with Gasteiger partial charge in [-0.3, -0.25) is 9.89 Å². The minimum atomic E-state index is -0.147. The number of aromatic nitrogens is 2. The maximum Gasteiger partial charge on any atom is 0.272 e. The van der Waals surface area contributed by atoms with Gasteiger partial charge in [-0.1, -0.05) is 11.6 Å². The van der Waals surface area contributed by atoms with E-state index in [9.17, 15) is 4.79 Å². The summed E-state index contributed by atoms with van der Waals surface area (Å²) >= 11 is 7.32. The van der Waals surface area contributed by atoms with Crippen LogP contribution in [0.2, 0.25) is 4.34 Å². The Morgan fingerprint density at radius 1 is 1.50 bits per heavy atom. The highest BCUT2D eigenvalue weighted by molar-refractivity contribution is 7.16. The van der Waals surface area contributed by atoms with Crippen LogP contribution in [0.25, 0.3) is 0 Å².